The first kappa shape index (κ1) is 23.0. The lowest BCUT2D eigenvalue weighted by atomic mass is 10.0. The number of hydrogen-bond donors (Lipinski definition) is 3. The Bertz CT molecular complexity index is 1740. The molecule has 0 aliphatic heterocycles. The van der Waals surface area contributed by atoms with Gasteiger partial charge in [-0.25, -0.2) is 27.0 Å². The third kappa shape index (κ3) is 4.60. The highest BCUT2D eigenvalue weighted by Crippen LogP contribution is 2.38. The number of fused-ring (bicyclic) bond motifs is 1. The second-order valence-corrected chi connectivity index (χ2v) is 10.0. The van der Waals surface area contributed by atoms with Crippen LogP contribution in [0, 0.1) is 11.6 Å². The van der Waals surface area contributed by atoms with Crippen LogP contribution in [0.4, 0.5) is 13.9 Å². The maximum absolute atomic E-state index is 14.9. The first-order valence-electron chi connectivity index (χ1n) is 9.68. The molecule has 0 unspecified atom stereocenters. The highest BCUT2D eigenvalue weighted by molar-refractivity contribution is 7.93. The van der Waals surface area contributed by atoms with Gasteiger partial charge < -0.3 is 14.7 Å². The number of rotatable bonds is 6. The maximum atomic E-state index is 14.9. The second-order valence-electron chi connectivity index (χ2n) is 7.15. The van der Waals surface area contributed by atoms with E-state index in [0.717, 1.165) is 17.9 Å². The number of nitrogens with zero attached hydrogens (tertiary/aromatic N) is 2. The second kappa shape index (κ2) is 8.76. The molecule has 0 saturated carbocycles. The number of aromatic nitrogens is 4. The van der Waals surface area contributed by atoms with E-state index in [1.807, 2.05) is 4.72 Å². The maximum Gasteiger partial charge on any atom is 0.323 e. The standard InChI is InChI=1S/C21H12ClF2N5O4S2/c22-11-2-4-17(12(6-11)10-1-3-15-16(5-10)28-20(30)27-15)33-18-7-14(24)19(8-13(18)23)35(31,32)29-21-25-9-26-34-21/h1-9H,(H,25,26,29)(H2,27,28,30). The van der Waals surface area contributed by atoms with Crippen LogP contribution in [-0.4, -0.2) is 27.7 Å². The number of sulfonamides is 1. The molecule has 0 aliphatic carbocycles. The molecule has 0 bridgehead atoms. The monoisotopic (exact) mass is 535 g/mol. The van der Waals surface area contributed by atoms with Gasteiger partial charge >= 0.3 is 5.69 Å². The van der Waals surface area contributed by atoms with Gasteiger partial charge in [-0.05, 0) is 35.9 Å². The molecular formula is C21H12ClF2N5O4S2. The molecule has 0 amide bonds. The fourth-order valence-corrected chi connectivity index (χ4v) is 5.22. The van der Waals surface area contributed by atoms with E-state index < -0.39 is 32.3 Å². The van der Waals surface area contributed by atoms with Crippen LogP contribution in [0.1, 0.15) is 0 Å². The number of H-pyrrole nitrogens is 2. The van der Waals surface area contributed by atoms with Crippen molar-refractivity contribution in [2.24, 2.45) is 0 Å². The molecule has 9 nitrogen and oxygen atoms in total. The van der Waals surface area contributed by atoms with E-state index in [4.69, 9.17) is 16.3 Å². The molecule has 178 valence electrons. The molecule has 5 aromatic rings. The SMILES string of the molecule is O=c1[nH]c2ccc(-c3cc(Cl)ccc3Oc3cc(F)c(S(=O)(=O)Nc4ncns4)cc3F)cc2[nH]1. The molecule has 2 heterocycles. The molecular weight excluding hydrogens is 524 g/mol. The Morgan fingerprint density at radius 3 is 2.54 bits per heavy atom. The van der Waals surface area contributed by atoms with Gasteiger partial charge in [0.05, 0.1) is 11.0 Å². The Labute approximate surface area is 204 Å². The summed E-state index contributed by atoms with van der Waals surface area (Å²) < 4.78 is 65.9. The first-order chi connectivity index (χ1) is 16.7. The van der Waals surface area contributed by atoms with Gasteiger partial charge in [0.25, 0.3) is 10.0 Å². The summed E-state index contributed by atoms with van der Waals surface area (Å²) in [5.74, 6) is -2.78. The van der Waals surface area contributed by atoms with Crippen molar-refractivity contribution in [3.05, 3.63) is 82.0 Å². The van der Waals surface area contributed by atoms with E-state index in [-0.39, 0.29) is 16.6 Å². The average molecular weight is 536 g/mol. The van der Waals surface area contributed by atoms with Gasteiger partial charge in [0.1, 0.15) is 22.8 Å². The average Bonchev–Trinajstić information content (AvgIpc) is 3.44. The number of nitrogens with one attached hydrogen (secondary N) is 3. The molecule has 14 heteroatoms. The molecule has 35 heavy (non-hydrogen) atoms. The minimum atomic E-state index is -4.46. The van der Waals surface area contributed by atoms with E-state index in [0.29, 0.717) is 39.3 Å². The van der Waals surface area contributed by atoms with Crippen molar-refractivity contribution in [2.45, 2.75) is 4.90 Å². The lowest BCUT2D eigenvalue weighted by molar-refractivity contribution is 0.433. The number of halogens is 3. The highest BCUT2D eigenvalue weighted by atomic mass is 35.5. The summed E-state index contributed by atoms with van der Waals surface area (Å²) in [6.45, 7) is 0. The molecule has 0 spiro atoms. The normalized spacial score (nSPS) is 11.6. The topological polar surface area (TPSA) is 130 Å². The zero-order valence-corrected chi connectivity index (χ0v) is 19.6. The van der Waals surface area contributed by atoms with E-state index in [2.05, 4.69) is 19.3 Å². The summed E-state index contributed by atoms with van der Waals surface area (Å²) in [6, 6.07) is 10.7. The Balaban J connectivity index is 1.52. The minimum Gasteiger partial charge on any atom is -0.454 e. The number of anilines is 1. The Hall–Kier alpha value is -3.81. The number of benzene rings is 3. The summed E-state index contributed by atoms with van der Waals surface area (Å²) in [4.78, 5) is 19.6. The van der Waals surface area contributed by atoms with Crippen molar-refractivity contribution >= 4 is 49.3 Å². The minimum absolute atomic E-state index is 0.100. The summed E-state index contributed by atoms with van der Waals surface area (Å²) in [5, 5.41) is 0.252. The number of aromatic amines is 2. The van der Waals surface area contributed by atoms with Crippen LogP contribution in [0.15, 0.2) is 64.5 Å². The fraction of sp³-hybridized carbons (Fsp3) is 0. The Morgan fingerprint density at radius 1 is 0.971 bits per heavy atom. The zero-order valence-electron chi connectivity index (χ0n) is 17.2. The predicted octanol–water partition coefficient (Wildman–Crippen LogP) is 4.90. The Kier molecular flexibility index (Phi) is 5.75. The Morgan fingerprint density at radius 2 is 1.77 bits per heavy atom. The van der Waals surface area contributed by atoms with Crippen LogP contribution in [-0.2, 0) is 10.0 Å². The lowest BCUT2D eigenvalue weighted by Gasteiger charge is -2.14. The van der Waals surface area contributed by atoms with Crippen LogP contribution in [0.5, 0.6) is 11.5 Å². The fourth-order valence-electron chi connectivity index (χ4n) is 3.32. The van der Waals surface area contributed by atoms with Gasteiger partial charge in [0, 0.05) is 34.3 Å². The van der Waals surface area contributed by atoms with E-state index in [1.54, 1.807) is 24.3 Å². The lowest BCUT2D eigenvalue weighted by Crippen LogP contribution is -2.15. The zero-order chi connectivity index (χ0) is 24.7. The predicted molar refractivity (Wildman–Crippen MR) is 127 cm³/mol. The summed E-state index contributed by atoms with van der Waals surface area (Å²) in [7, 11) is -4.46. The van der Waals surface area contributed by atoms with Crippen molar-refractivity contribution < 1.29 is 21.9 Å². The van der Waals surface area contributed by atoms with E-state index in [1.165, 1.54) is 12.1 Å². The smallest absolute Gasteiger partial charge is 0.323 e. The molecule has 2 aromatic heterocycles. The van der Waals surface area contributed by atoms with E-state index in [9.17, 15) is 22.0 Å². The summed E-state index contributed by atoms with van der Waals surface area (Å²) >= 11 is 6.88. The van der Waals surface area contributed by atoms with Crippen LogP contribution < -0.4 is 15.1 Å². The number of imidazole rings is 1. The third-order valence-electron chi connectivity index (χ3n) is 4.85. The molecule has 0 atom stereocenters. The number of ether oxygens (including phenoxy) is 1. The molecule has 3 N–H and O–H groups in total. The van der Waals surface area contributed by atoms with Crippen molar-refractivity contribution in [3.8, 4) is 22.6 Å². The largest absolute Gasteiger partial charge is 0.454 e. The van der Waals surface area contributed by atoms with Gasteiger partial charge in [-0.2, -0.15) is 4.37 Å². The highest BCUT2D eigenvalue weighted by Gasteiger charge is 2.24. The molecule has 0 aliphatic rings. The van der Waals surface area contributed by atoms with Gasteiger partial charge in [-0.15, -0.1) is 0 Å². The van der Waals surface area contributed by atoms with Crippen LogP contribution in [0.3, 0.4) is 0 Å². The van der Waals surface area contributed by atoms with Gasteiger partial charge in [-0.1, -0.05) is 17.7 Å². The summed E-state index contributed by atoms with van der Waals surface area (Å²) in [6.07, 6.45) is 1.12. The van der Waals surface area contributed by atoms with Gasteiger partial charge in [-0.3, -0.25) is 4.72 Å². The molecule has 3 aromatic carbocycles. The quantitative estimate of drug-likeness (QED) is 0.283. The van der Waals surface area contributed by atoms with Crippen molar-refractivity contribution in [3.63, 3.8) is 0 Å². The molecule has 0 saturated heterocycles. The molecule has 5 rings (SSSR count). The molecule has 0 radical (unpaired) electrons. The summed E-state index contributed by atoms with van der Waals surface area (Å²) in [5.41, 5.74) is 1.72. The van der Waals surface area contributed by atoms with E-state index >= 15 is 0 Å². The van der Waals surface area contributed by atoms with Crippen LogP contribution >= 0.6 is 23.1 Å². The molecule has 0 fully saturated rings. The van der Waals surface area contributed by atoms with Crippen molar-refractivity contribution in [2.75, 3.05) is 4.72 Å². The van der Waals surface area contributed by atoms with Crippen LogP contribution in [0.2, 0.25) is 5.02 Å². The van der Waals surface area contributed by atoms with Crippen LogP contribution in [0.25, 0.3) is 22.2 Å². The van der Waals surface area contributed by atoms with Crippen molar-refractivity contribution in [1.82, 2.24) is 19.3 Å². The van der Waals surface area contributed by atoms with Gasteiger partial charge in [0.2, 0.25) is 5.13 Å². The third-order valence-corrected chi connectivity index (χ3v) is 7.15. The first-order valence-corrected chi connectivity index (χ1v) is 12.3. The van der Waals surface area contributed by atoms with Crippen molar-refractivity contribution in [1.29, 1.82) is 0 Å². The van der Waals surface area contributed by atoms with Gasteiger partial charge in [0.15, 0.2) is 11.6 Å². The number of hydrogen-bond acceptors (Lipinski definition) is 7.